The van der Waals surface area contributed by atoms with Crippen LogP contribution in [0.5, 0.6) is 5.75 Å². The van der Waals surface area contributed by atoms with Gasteiger partial charge in [-0.05, 0) is 95.1 Å². The number of aryl methyl sites for hydroxylation is 1. The molecule has 0 aliphatic carbocycles. The molecule has 0 unspecified atom stereocenters. The van der Waals surface area contributed by atoms with Crippen LogP contribution in [0.2, 0.25) is 10.0 Å². The maximum Gasteiger partial charge on any atom is 0.264 e. The molecule has 8 nitrogen and oxygen atoms in total. The number of hydrogen-bond donors (Lipinski definition) is 1. The van der Waals surface area contributed by atoms with Gasteiger partial charge in [0, 0.05) is 22.1 Å². The molecular formula is C32H39Cl2N3O5S. The summed E-state index contributed by atoms with van der Waals surface area (Å²) in [6.07, 6.45) is 0.284. The molecule has 2 amide bonds. The van der Waals surface area contributed by atoms with Gasteiger partial charge >= 0.3 is 0 Å². The second-order valence-electron chi connectivity index (χ2n) is 11.2. The normalized spacial score (nSPS) is 12.4. The third-order valence-electron chi connectivity index (χ3n) is 6.56. The molecule has 3 aromatic rings. The van der Waals surface area contributed by atoms with Crippen molar-refractivity contribution >= 4 is 50.7 Å². The zero-order valence-corrected chi connectivity index (χ0v) is 27.7. The molecule has 11 heteroatoms. The van der Waals surface area contributed by atoms with Crippen LogP contribution in [0, 0.1) is 6.92 Å². The van der Waals surface area contributed by atoms with Gasteiger partial charge in [0.2, 0.25) is 11.8 Å². The minimum atomic E-state index is -4.19. The molecule has 0 bridgehead atoms. The highest BCUT2D eigenvalue weighted by molar-refractivity contribution is 7.92. The number of ether oxygens (including phenoxy) is 1. The molecule has 1 N–H and O–H groups in total. The third kappa shape index (κ3) is 9.11. The molecule has 0 aliphatic rings. The molecule has 0 saturated carbocycles. The number of nitrogens with zero attached hydrogens (tertiary/aromatic N) is 2. The molecule has 0 fully saturated rings. The maximum atomic E-state index is 14.2. The number of carbonyl (C=O) groups excluding carboxylic acids is 2. The van der Waals surface area contributed by atoms with Gasteiger partial charge in [-0.15, -0.1) is 0 Å². The molecule has 232 valence electrons. The minimum absolute atomic E-state index is 0.0320. The number of amides is 2. The monoisotopic (exact) mass is 647 g/mol. The zero-order valence-electron chi connectivity index (χ0n) is 25.4. The van der Waals surface area contributed by atoms with Gasteiger partial charge in [0.25, 0.3) is 10.0 Å². The van der Waals surface area contributed by atoms with Gasteiger partial charge in [0.15, 0.2) is 0 Å². The summed E-state index contributed by atoms with van der Waals surface area (Å²) in [5.41, 5.74) is 1.18. The Morgan fingerprint density at radius 2 is 1.58 bits per heavy atom. The lowest BCUT2D eigenvalue weighted by Gasteiger charge is -2.35. The fourth-order valence-electron chi connectivity index (χ4n) is 4.45. The number of sulfonamides is 1. The topological polar surface area (TPSA) is 96.0 Å². The molecule has 0 aliphatic heterocycles. The first-order valence-electron chi connectivity index (χ1n) is 14.0. The average molecular weight is 649 g/mol. The summed E-state index contributed by atoms with van der Waals surface area (Å²) < 4.78 is 34.7. The number of nitrogens with one attached hydrogen (secondary N) is 1. The van der Waals surface area contributed by atoms with Crippen molar-refractivity contribution in [2.45, 2.75) is 71.0 Å². The second kappa shape index (κ2) is 14.5. The number of benzene rings is 3. The Hall–Kier alpha value is -3.27. The van der Waals surface area contributed by atoms with E-state index in [1.54, 1.807) is 61.5 Å². The lowest BCUT2D eigenvalue weighted by Crippen LogP contribution is -2.55. The third-order valence-corrected chi connectivity index (χ3v) is 8.94. The van der Waals surface area contributed by atoms with E-state index in [0.717, 1.165) is 9.87 Å². The summed E-state index contributed by atoms with van der Waals surface area (Å²) in [6, 6.07) is 16.9. The maximum absolute atomic E-state index is 14.2. The van der Waals surface area contributed by atoms with E-state index in [4.69, 9.17) is 27.9 Å². The number of halogens is 2. The summed E-state index contributed by atoms with van der Waals surface area (Å²) >= 11 is 12.6. The lowest BCUT2D eigenvalue weighted by atomic mass is 10.1. The summed E-state index contributed by atoms with van der Waals surface area (Å²) in [7, 11) is -4.19. The van der Waals surface area contributed by atoms with E-state index in [-0.39, 0.29) is 29.5 Å². The fourth-order valence-corrected chi connectivity index (χ4v) is 6.33. The lowest BCUT2D eigenvalue weighted by molar-refractivity contribution is -0.141. The van der Waals surface area contributed by atoms with Crippen LogP contribution in [-0.4, -0.2) is 49.9 Å². The van der Waals surface area contributed by atoms with Crippen LogP contribution < -0.4 is 14.4 Å². The van der Waals surface area contributed by atoms with Crippen molar-refractivity contribution in [2.75, 3.05) is 17.5 Å². The first kappa shape index (κ1) is 34.2. The van der Waals surface area contributed by atoms with E-state index >= 15 is 0 Å². The minimum Gasteiger partial charge on any atom is -0.494 e. The SMILES string of the molecule is CCOc1ccc(N(CC(=O)N(Cc2ccc(Cl)cc2Cl)[C@H](CC)C(=O)NC(C)(C)C)S(=O)(=O)c2ccc(C)cc2)cc1. The molecular weight excluding hydrogens is 609 g/mol. The van der Waals surface area contributed by atoms with Gasteiger partial charge in [0.05, 0.1) is 17.2 Å². The first-order chi connectivity index (χ1) is 20.2. The second-order valence-corrected chi connectivity index (χ2v) is 13.9. The van der Waals surface area contributed by atoms with Gasteiger partial charge in [-0.2, -0.15) is 0 Å². The van der Waals surface area contributed by atoms with Gasteiger partial charge in [-0.3, -0.25) is 13.9 Å². The predicted octanol–water partition coefficient (Wildman–Crippen LogP) is 6.62. The van der Waals surface area contributed by atoms with Crippen molar-refractivity contribution in [2.24, 2.45) is 0 Å². The number of rotatable bonds is 12. The van der Waals surface area contributed by atoms with E-state index in [2.05, 4.69) is 5.32 Å². The van der Waals surface area contributed by atoms with Crippen LogP contribution in [0.15, 0.2) is 71.6 Å². The Kier molecular flexibility index (Phi) is 11.5. The Labute approximate surface area is 265 Å². The molecule has 3 aromatic carbocycles. The van der Waals surface area contributed by atoms with Crippen LogP contribution in [0.4, 0.5) is 5.69 Å². The fraction of sp³-hybridized carbons (Fsp3) is 0.375. The van der Waals surface area contributed by atoms with Crippen molar-refractivity contribution < 1.29 is 22.7 Å². The smallest absolute Gasteiger partial charge is 0.264 e. The Morgan fingerprint density at radius 1 is 0.953 bits per heavy atom. The van der Waals surface area contributed by atoms with Crippen molar-refractivity contribution in [3.63, 3.8) is 0 Å². The Bertz CT molecular complexity index is 1520. The standard InChI is InChI=1S/C32H39Cl2N3O5S/c1-7-29(31(39)35-32(4,5)6)36(20-23-11-12-24(33)19-28(23)34)30(38)21-37(25-13-15-26(16-14-25)42-8-2)43(40,41)27-17-9-22(3)10-18-27/h9-19,29H,7-8,20-21H2,1-6H3,(H,35,39)/t29-/m1/s1. The molecule has 0 radical (unpaired) electrons. The highest BCUT2D eigenvalue weighted by Gasteiger charge is 2.35. The highest BCUT2D eigenvalue weighted by Crippen LogP contribution is 2.28. The van der Waals surface area contributed by atoms with Gasteiger partial charge in [0.1, 0.15) is 18.3 Å². The Morgan fingerprint density at radius 3 is 2.12 bits per heavy atom. The van der Waals surface area contributed by atoms with Gasteiger partial charge < -0.3 is 15.0 Å². The van der Waals surface area contributed by atoms with Crippen molar-refractivity contribution in [1.82, 2.24) is 10.2 Å². The van der Waals surface area contributed by atoms with E-state index in [9.17, 15) is 18.0 Å². The van der Waals surface area contributed by atoms with Gasteiger partial charge in [-0.25, -0.2) is 8.42 Å². The molecule has 0 spiro atoms. The summed E-state index contributed by atoms with van der Waals surface area (Å²) in [5.74, 6) is -0.372. The van der Waals surface area contributed by atoms with Crippen molar-refractivity contribution in [3.8, 4) is 5.75 Å². The van der Waals surface area contributed by atoms with Crippen LogP contribution in [0.1, 0.15) is 52.2 Å². The molecule has 0 heterocycles. The molecule has 0 aromatic heterocycles. The number of anilines is 1. The van der Waals surface area contributed by atoms with E-state index in [1.807, 2.05) is 34.6 Å². The van der Waals surface area contributed by atoms with Gasteiger partial charge in [-0.1, -0.05) is 53.9 Å². The van der Waals surface area contributed by atoms with Crippen LogP contribution in [0.3, 0.4) is 0 Å². The quantitative estimate of drug-likeness (QED) is 0.238. The number of hydrogen-bond acceptors (Lipinski definition) is 5. The van der Waals surface area contributed by atoms with Crippen molar-refractivity contribution in [1.29, 1.82) is 0 Å². The van der Waals surface area contributed by atoms with Crippen LogP contribution in [0.25, 0.3) is 0 Å². The summed E-state index contributed by atoms with van der Waals surface area (Å²) in [4.78, 5) is 29.1. The molecule has 1 atom stereocenters. The predicted molar refractivity (Wildman–Crippen MR) is 172 cm³/mol. The molecule has 3 rings (SSSR count). The van der Waals surface area contributed by atoms with E-state index in [1.165, 1.54) is 17.0 Å². The highest BCUT2D eigenvalue weighted by atomic mass is 35.5. The Balaban J connectivity index is 2.10. The average Bonchev–Trinajstić information content (AvgIpc) is 2.92. The van der Waals surface area contributed by atoms with Crippen molar-refractivity contribution in [3.05, 3.63) is 87.9 Å². The largest absolute Gasteiger partial charge is 0.494 e. The first-order valence-corrected chi connectivity index (χ1v) is 16.2. The summed E-state index contributed by atoms with van der Waals surface area (Å²) in [6.45, 7) is 10.9. The van der Waals surface area contributed by atoms with Crippen LogP contribution >= 0.6 is 23.2 Å². The summed E-state index contributed by atoms with van der Waals surface area (Å²) in [5, 5.41) is 3.70. The van der Waals surface area contributed by atoms with Crippen LogP contribution in [-0.2, 0) is 26.2 Å². The molecule has 0 saturated heterocycles. The van der Waals surface area contributed by atoms with E-state index in [0.29, 0.717) is 28.0 Å². The zero-order chi connectivity index (χ0) is 31.9. The molecule has 43 heavy (non-hydrogen) atoms. The van der Waals surface area contributed by atoms with E-state index < -0.39 is 34.1 Å². The number of carbonyl (C=O) groups is 2.